The molecule has 2 N–H and O–H groups in total. The lowest BCUT2D eigenvalue weighted by Crippen LogP contribution is -2.52. The second-order valence-electron chi connectivity index (χ2n) is 7.95. The number of ether oxygens (including phenoxy) is 1. The molecular formula is C22H26ClN5O3S. The number of rotatable bonds is 6. The van der Waals surface area contributed by atoms with E-state index in [9.17, 15) is 9.59 Å². The highest BCUT2D eigenvalue weighted by Gasteiger charge is 2.27. The van der Waals surface area contributed by atoms with Crippen molar-refractivity contribution >= 4 is 45.8 Å². The van der Waals surface area contributed by atoms with Crippen LogP contribution in [0.25, 0.3) is 10.9 Å². The highest BCUT2D eigenvalue weighted by atomic mass is 35.5. The molecule has 0 aliphatic carbocycles. The Bertz CT molecular complexity index is 1100. The van der Waals surface area contributed by atoms with Gasteiger partial charge in [-0.1, -0.05) is 11.6 Å². The number of nitrogens with zero attached hydrogens (tertiary/aromatic N) is 3. The number of piperidine rings is 1. The second kappa shape index (κ2) is 9.79. The number of likely N-dealkylation sites (N-methyl/N-ethyl adjacent to an activating group) is 1. The van der Waals surface area contributed by atoms with Crippen molar-refractivity contribution in [3.63, 3.8) is 0 Å². The summed E-state index contributed by atoms with van der Waals surface area (Å²) in [6.07, 6.45) is 3.56. The highest BCUT2D eigenvalue weighted by Crippen LogP contribution is 2.31. The van der Waals surface area contributed by atoms with Gasteiger partial charge in [-0.3, -0.25) is 9.78 Å². The first-order valence-corrected chi connectivity index (χ1v) is 11.7. The van der Waals surface area contributed by atoms with Crippen LogP contribution in [0.5, 0.6) is 5.75 Å². The van der Waals surface area contributed by atoms with Crippen LogP contribution < -0.4 is 10.1 Å². The molecule has 1 atom stereocenters. The van der Waals surface area contributed by atoms with Gasteiger partial charge < -0.3 is 24.8 Å². The molecule has 1 fully saturated rings. The third kappa shape index (κ3) is 5.16. The number of fused-ring (bicyclic) bond motifs is 1. The van der Waals surface area contributed by atoms with Crippen LogP contribution >= 0.6 is 22.9 Å². The number of carbonyl (C=O) groups is 2. The number of hydrogen-bond acceptors (Lipinski definition) is 5. The van der Waals surface area contributed by atoms with Gasteiger partial charge in [-0.25, -0.2) is 4.79 Å². The lowest BCUT2D eigenvalue weighted by atomic mass is 10.0. The topological polar surface area (TPSA) is 90.6 Å². The van der Waals surface area contributed by atoms with Gasteiger partial charge in [0.15, 0.2) is 0 Å². The average molecular weight is 476 g/mol. The molecular weight excluding hydrogens is 450 g/mol. The molecule has 8 nitrogen and oxygen atoms in total. The van der Waals surface area contributed by atoms with E-state index >= 15 is 0 Å². The molecule has 170 valence electrons. The smallest absolute Gasteiger partial charge is 0.317 e. The van der Waals surface area contributed by atoms with Crippen molar-refractivity contribution in [1.82, 2.24) is 25.1 Å². The van der Waals surface area contributed by atoms with Crippen molar-refractivity contribution in [1.29, 1.82) is 0 Å². The number of nitrogens with one attached hydrogen (secondary N) is 2. The van der Waals surface area contributed by atoms with Crippen molar-refractivity contribution < 1.29 is 14.3 Å². The van der Waals surface area contributed by atoms with Gasteiger partial charge in [0.25, 0.3) is 0 Å². The lowest BCUT2D eigenvalue weighted by Gasteiger charge is -2.37. The molecule has 4 rings (SSSR count). The molecule has 1 aliphatic rings. The minimum atomic E-state index is -0.161. The molecule has 3 aromatic rings. The third-order valence-electron chi connectivity index (χ3n) is 5.72. The molecule has 0 bridgehead atoms. The number of thiazole rings is 1. The first kappa shape index (κ1) is 22.4. The van der Waals surface area contributed by atoms with Crippen molar-refractivity contribution in [3.05, 3.63) is 45.5 Å². The number of aromatic amines is 1. The predicted molar refractivity (Wildman–Crippen MR) is 125 cm³/mol. The number of halogens is 1. The van der Waals surface area contributed by atoms with Crippen molar-refractivity contribution in [3.8, 4) is 5.75 Å². The van der Waals surface area contributed by atoms with Crippen LogP contribution in [0.1, 0.15) is 30.3 Å². The Morgan fingerprint density at radius 3 is 3.00 bits per heavy atom. The summed E-state index contributed by atoms with van der Waals surface area (Å²) in [7, 11) is 1.78. The van der Waals surface area contributed by atoms with Crippen LogP contribution in [0, 0.1) is 0 Å². The third-order valence-corrected chi connectivity index (χ3v) is 6.77. The summed E-state index contributed by atoms with van der Waals surface area (Å²) in [6.45, 7) is 3.67. The summed E-state index contributed by atoms with van der Waals surface area (Å²) in [5, 5.41) is 4.43. The summed E-state index contributed by atoms with van der Waals surface area (Å²) in [4.78, 5) is 36.2. The van der Waals surface area contributed by atoms with E-state index in [2.05, 4.69) is 15.3 Å². The molecule has 2 aromatic heterocycles. The fourth-order valence-corrected chi connectivity index (χ4v) is 4.61. The molecule has 10 heteroatoms. The average Bonchev–Trinajstić information content (AvgIpc) is 3.44. The summed E-state index contributed by atoms with van der Waals surface area (Å²) >= 11 is 7.91. The number of likely N-dealkylation sites (tertiary alicyclic amines) is 1. The van der Waals surface area contributed by atoms with E-state index < -0.39 is 0 Å². The largest absolute Gasteiger partial charge is 0.486 e. The van der Waals surface area contributed by atoms with Gasteiger partial charge in [0.05, 0.1) is 28.0 Å². The number of carbonyl (C=O) groups excluding carboxylic acids is 2. The number of urea groups is 1. The van der Waals surface area contributed by atoms with Crippen LogP contribution in [0.3, 0.4) is 0 Å². The minimum Gasteiger partial charge on any atom is -0.486 e. The second-order valence-corrected chi connectivity index (χ2v) is 9.33. The molecule has 0 unspecified atom stereocenters. The number of aromatic nitrogens is 2. The molecule has 1 saturated heterocycles. The summed E-state index contributed by atoms with van der Waals surface area (Å²) < 4.78 is 5.83. The Morgan fingerprint density at radius 2 is 2.25 bits per heavy atom. The lowest BCUT2D eigenvalue weighted by molar-refractivity contribution is -0.130. The Balaban J connectivity index is 1.36. The maximum Gasteiger partial charge on any atom is 0.317 e. The molecule has 0 saturated carbocycles. The van der Waals surface area contributed by atoms with E-state index in [1.54, 1.807) is 35.5 Å². The Kier molecular flexibility index (Phi) is 6.86. The molecule has 3 heterocycles. The Hall–Kier alpha value is -2.78. The number of H-pyrrole nitrogens is 1. The fraction of sp³-hybridized carbons (Fsp3) is 0.409. The first-order valence-electron chi connectivity index (χ1n) is 10.5. The molecule has 0 spiro atoms. The van der Waals surface area contributed by atoms with E-state index in [0.29, 0.717) is 30.5 Å². The van der Waals surface area contributed by atoms with Gasteiger partial charge in [-0.15, -0.1) is 11.3 Å². The molecule has 32 heavy (non-hydrogen) atoms. The van der Waals surface area contributed by atoms with Crippen molar-refractivity contribution in [2.24, 2.45) is 0 Å². The van der Waals surface area contributed by atoms with Gasteiger partial charge in [0.2, 0.25) is 5.91 Å². The van der Waals surface area contributed by atoms with Crippen LogP contribution in [-0.2, 0) is 17.9 Å². The van der Waals surface area contributed by atoms with E-state index in [1.807, 2.05) is 18.2 Å². The summed E-state index contributed by atoms with van der Waals surface area (Å²) in [5.41, 5.74) is 3.52. The predicted octanol–water partition coefficient (Wildman–Crippen LogP) is 4.01. The van der Waals surface area contributed by atoms with Crippen LogP contribution in [0.4, 0.5) is 4.79 Å². The van der Waals surface area contributed by atoms with Crippen molar-refractivity contribution in [2.75, 3.05) is 20.1 Å². The number of hydrogen-bond donors (Lipinski definition) is 2. The zero-order valence-electron chi connectivity index (χ0n) is 18.1. The quantitative estimate of drug-likeness (QED) is 0.563. The maximum absolute atomic E-state index is 12.7. The van der Waals surface area contributed by atoms with Crippen molar-refractivity contribution in [2.45, 2.75) is 39.0 Å². The monoisotopic (exact) mass is 475 g/mol. The van der Waals surface area contributed by atoms with Gasteiger partial charge in [-0.2, -0.15) is 0 Å². The van der Waals surface area contributed by atoms with E-state index in [4.69, 9.17) is 16.3 Å². The van der Waals surface area contributed by atoms with Gasteiger partial charge in [0, 0.05) is 55.9 Å². The normalized spacial score (nSPS) is 16.2. The summed E-state index contributed by atoms with van der Waals surface area (Å²) in [5.74, 6) is 0.646. The zero-order chi connectivity index (χ0) is 22.7. The zero-order valence-corrected chi connectivity index (χ0v) is 19.6. The number of amides is 3. The fourth-order valence-electron chi connectivity index (χ4n) is 3.88. The van der Waals surface area contributed by atoms with Gasteiger partial charge >= 0.3 is 6.03 Å². The van der Waals surface area contributed by atoms with Crippen LogP contribution in [0.2, 0.25) is 5.02 Å². The number of benzene rings is 1. The SMILES string of the molecule is CC(=O)N1CCC[C@@H](N(C)C(=O)NCc2cc3cc(Cl)c(OCc4cncs4)cc3[nH]2)C1. The summed E-state index contributed by atoms with van der Waals surface area (Å²) in [6, 6.07) is 5.55. The van der Waals surface area contributed by atoms with E-state index in [-0.39, 0.29) is 18.0 Å². The van der Waals surface area contributed by atoms with Crippen LogP contribution in [-0.4, -0.2) is 57.9 Å². The van der Waals surface area contributed by atoms with Gasteiger partial charge in [0.1, 0.15) is 12.4 Å². The van der Waals surface area contributed by atoms with E-state index in [0.717, 1.165) is 40.9 Å². The van der Waals surface area contributed by atoms with E-state index in [1.165, 1.54) is 11.3 Å². The molecule has 1 aromatic carbocycles. The molecule has 0 radical (unpaired) electrons. The van der Waals surface area contributed by atoms with Gasteiger partial charge in [-0.05, 0) is 25.0 Å². The first-order chi connectivity index (χ1) is 15.4. The minimum absolute atomic E-state index is 0.0208. The highest BCUT2D eigenvalue weighted by molar-refractivity contribution is 7.09. The molecule has 1 aliphatic heterocycles. The Morgan fingerprint density at radius 1 is 1.41 bits per heavy atom. The maximum atomic E-state index is 12.7. The molecule has 3 amide bonds. The standard InChI is InChI=1S/C22H26ClN5O3S/c1-14(29)28-5-3-4-17(11-28)27(2)22(30)25-9-16-6-15-7-19(23)21(8-20(15)26-16)31-12-18-10-24-13-32-18/h6-8,10,13,17,26H,3-5,9,11-12H2,1-2H3,(H,25,30)/t17-/m1/s1. The van der Waals surface area contributed by atoms with Crippen LogP contribution in [0.15, 0.2) is 29.9 Å². The Labute approximate surface area is 195 Å².